The number of carbonyl (C=O) groups excluding carboxylic acids is 2. The van der Waals surface area contributed by atoms with E-state index in [2.05, 4.69) is 10.3 Å². The average molecular weight is 333 g/mol. The third kappa shape index (κ3) is 2.88. The lowest BCUT2D eigenvalue weighted by atomic mass is 9.91. The Kier molecular flexibility index (Phi) is 3.75. The van der Waals surface area contributed by atoms with Gasteiger partial charge in [-0.3, -0.25) is 14.6 Å². The number of likely N-dealkylation sites (tertiary alicyclic amines) is 1. The van der Waals surface area contributed by atoms with E-state index in [0.717, 1.165) is 6.42 Å². The number of rotatable bonds is 3. The first-order chi connectivity index (χ1) is 11.5. The van der Waals surface area contributed by atoms with E-state index in [1.54, 1.807) is 29.4 Å². The Bertz CT molecular complexity index is 650. The van der Waals surface area contributed by atoms with Crippen molar-refractivity contribution >= 4 is 17.5 Å². The van der Waals surface area contributed by atoms with Crippen LogP contribution >= 0.6 is 0 Å². The molecule has 0 aromatic carbocycles. The predicted molar refractivity (Wildman–Crippen MR) is 83.9 cm³/mol. The zero-order chi connectivity index (χ0) is 16.7. The second-order valence-electron chi connectivity index (χ2n) is 6.90. The van der Waals surface area contributed by atoms with Crippen LogP contribution in [0.15, 0.2) is 24.5 Å². The van der Waals surface area contributed by atoms with Gasteiger partial charge in [0.15, 0.2) is 5.67 Å². The fourth-order valence-corrected chi connectivity index (χ4v) is 3.55. The van der Waals surface area contributed by atoms with Crippen LogP contribution in [0.25, 0.3) is 0 Å². The van der Waals surface area contributed by atoms with Crippen molar-refractivity contribution in [2.75, 3.05) is 18.4 Å². The van der Waals surface area contributed by atoms with Gasteiger partial charge in [-0.15, -0.1) is 0 Å². The van der Waals surface area contributed by atoms with Crippen molar-refractivity contribution in [3.8, 4) is 0 Å². The van der Waals surface area contributed by atoms with Crippen molar-refractivity contribution in [1.82, 2.24) is 9.88 Å². The Balaban J connectivity index is 1.36. The Hall–Kier alpha value is -2.02. The number of alkyl halides is 1. The third-order valence-electron chi connectivity index (χ3n) is 5.13. The molecule has 1 saturated carbocycles. The maximum Gasteiger partial charge on any atom is 0.260 e. The lowest BCUT2D eigenvalue weighted by Gasteiger charge is -2.34. The summed E-state index contributed by atoms with van der Waals surface area (Å²) in [6.45, 7) is 0.928. The summed E-state index contributed by atoms with van der Waals surface area (Å²) in [5.74, 6) is -0.360. The molecule has 1 aromatic rings. The van der Waals surface area contributed by atoms with Crippen LogP contribution in [0.5, 0.6) is 0 Å². The normalized spacial score (nSPS) is 30.5. The van der Waals surface area contributed by atoms with Crippen LogP contribution in [0.2, 0.25) is 0 Å². The molecule has 7 heteroatoms. The molecule has 1 aliphatic carbocycles. The number of ether oxygens (including phenoxy) is 1. The van der Waals surface area contributed by atoms with Crippen molar-refractivity contribution in [2.24, 2.45) is 5.92 Å². The molecule has 6 nitrogen and oxygen atoms in total. The van der Waals surface area contributed by atoms with Crippen LogP contribution in [0, 0.1) is 5.92 Å². The molecule has 24 heavy (non-hydrogen) atoms. The number of pyridine rings is 1. The van der Waals surface area contributed by atoms with Gasteiger partial charge < -0.3 is 15.0 Å². The topological polar surface area (TPSA) is 71.5 Å². The number of piperidine rings is 1. The summed E-state index contributed by atoms with van der Waals surface area (Å²) >= 11 is 0. The second-order valence-corrected chi connectivity index (χ2v) is 6.90. The highest BCUT2D eigenvalue weighted by molar-refractivity contribution is 5.94. The summed E-state index contributed by atoms with van der Waals surface area (Å²) in [5.41, 5.74) is -1.01. The van der Waals surface area contributed by atoms with E-state index in [0.29, 0.717) is 38.0 Å². The molecule has 1 aromatic heterocycles. The molecule has 3 aliphatic rings. The molecule has 3 fully saturated rings. The number of halogens is 1. The molecule has 2 saturated heterocycles. The maximum atomic E-state index is 14.0. The molecular formula is C17H20FN3O3. The van der Waals surface area contributed by atoms with E-state index in [-0.39, 0.29) is 17.9 Å². The fraction of sp³-hybridized carbons (Fsp3) is 0.588. The van der Waals surface area contributed by atoms with Crippen LogP contribution in [0.1, 0.15) is 25.7 Å². The number of amides is 2. The van der Waals surface area contributed by atoms with Gasteiger partial charge >= 0.3 is 0 Å². The molecule has 2 amide bonds. The van der Waals surface area contributed by atoms with Crippen LogP contribution in [0.3, 0.4) is 0 Å². The number of aromatic nitrogens is 1. The van der Waals surface area contributed by atoms with Gasteiger partial charge in [0.25, 0.3) is 11.8 Å². The largest absolute Gasteiger partial charge is 0.363 e. The zero-order valence-corrected chi connectivity index (χ0v) is 13.3. The first kappa shape index (κ1) is 15.5. The van der Waals surface area contributed by atoms with Crippen LogP contribution in [-0.4, -0.2) is 52.7 Å². The smallest absolute Gasteiger partial charge is 0.260 e. The average Bonchev–Trinajstić information content (AvgIpc) is 3.20. The molecule has 2 aliphatic heterocycles. The molecule has 0 unspecified atom stereocenters. The molecule has 0 spiro atoms. The van der Waals surface area contributed by atoms with Crippen LogP contribution < -0.4 is 5.32 Å². The monoisotopic (exact) mass is 333 g/mol. The lowest BCUT2D eigenvalue weighted by molar-refractivity contribution is -0.143. The molecule has 0 radical (unpaired) electrons. The van der Waals surface area contributed by atoms with Gasteiger partial charge in [0.1, 0.15) is 6.10 Å². The van der Waals surface area contributed by atoms with E-state index in [1.165, 1.54) is 0 Å². The number of nitrogens with one attached hydrogen (secondary N) is 1. The Labute approximate surface area is 139 Å². The zero-order valence-electron chi connectivity index (χ0n) is 13.3. The second kappa shape index (κ2) is 5.81. The molecule has 4 rings (SSSR count). The minimum atomic E-state index is -1.64. The SMILES string of the molecule is O=C(Nc1cccnc1)[C@H]1C[C@@H]2CCN(C(=O)C3(F)CC3)C[C@@H]2O1. The van der Waals surface area contributed by atoms with Gasteiger partial charge in [-0.2, -0.15) is 0 Å². The number of anilines is 1. The van der Waals surface area contributed by atoms with Gasteiger partial charge in [0, 0.05) is 19.3 Å². The Morgan fingerprint density at radius 2 is 2.25 bits per heavy atom. The number of carbonyl (C=O) groups is 2. The van der Waals surface area contributed by atoms with Gasteiger partial charge in [0.05, 0.1) is 18.0 Å². The van der Waals surface area contributed by atoms with Crippen molar-refractivity contribution in [1.29, 1.82) is 0 Å². The van der Waals surface area contributed by atoms with Crippen molar-refractivity contribution in [3.05, 3.63) is 24.5 Å². The summed E-state index contributed by atoms with van der Waals surface area (Å²) in [5, 5.41) is 2.79. The molecule has 1 N–H and O–H groups in total. The maximum absolute atomic E-state index is 14.0. The molecule has 3 heterocycles. The number of nitrogens with zero attached hydrogens (tertiary/aromatic N) is 2. The number of hydrogen-bond acceptors (Lipinski definition) is 4. The molecule has 128 valence electrons. The quantitative estimate of drug-likeness (QED) is 0.910. The standard InChI is InChI=1S/C17H20FN3O3/c18-17(4-5-17)16(23)21-7-3-11-8-13(24-14(11)10-21)15(22)20-12-2-1-6-19-9-12/h1-2,6,9,11,13-14H,3-5,7-8,10H2,(H,20,22)/t11-,13+,14-/m0/s1. The first-order valence-corrected chi connectivity index (χ1v) is 8.40. The third-order valence-corrected chi connectivity index (χ3v) is 5.13. The highest BCUT2D eigenvalue weighted by atomic mass is 19.1. The Morgan fingerprint density at radius 3 is 2.96 bits per heavy atom. The van der Waals surface area contributed by atoms with E-state index in [9.17, 15) is 14.0 Å². The summed E-state index contributed by atoms with van der Waals surface area (Å²) in [6.07, 6.45) is 4.55. The van der Waals surface area contributed by atoms with E-state index >= 15 is 0 Å². The summed E-state index contributed by atoms with van der Waals surface area (Å²) in [7, 11) is 0. The highest BCUT2D eigenvalue weighted by Crippen LogP contribution is 2.43. The molecular weight excluding hydrogens is 313 g/mol. The highest BCUT2D eigenvalue weighted by Gasteiger charge is 2.54. The molecule has 3 atom stereocenters. The summed E-state index contributed by atoms with van der Waals surface area (Å²) in [4.78, 5) is 30.0. The van der Waals surface area contributed by atoms with Gasteiger partial charge in [-0.25, -0.2) is 4.39 Å². The van der Waals surface area contributed by atoms with Gasteiger partial charge in [0.2, 0.25) is 0 Å². The van der Waals surface area contributed by atoms with E-state index in [1.807, 2.05) is 0 Å². The minimum absolute atomic E-state index is 0.185. The van der Waals surface area contributed by atoms with Crippen molar-refractivity contribution in [3.63, 3.8) is 0 Å². The first-order valence-electron chi connectivity index (χ1n) is 8.40. The van der Waals surface area contributed by atoms with Crippen molar-refractivity contribution in [2.45, 2.75) is 43.6 Å². The van der Waals surface area contributed by atoms with Gasteiger partial charge in [-0.1, -0.05) is 0 Å². The van der Waals surface area contributed by atoms with Crippen LogP contribution in [-0.2, 0) is 14.3 Å². The predicted octanol–water partition coefficient (Wildman–Crippen LogP) is 1.53. The Morgan fingerprint density at radius 1 is 1.42 bits per heavy atom. The minimum Gasteiger partial charge on any atom is -0.363 e. The van der Waals surface area contributed by atoms with E-state index in [4.69, 9.17) is 4.74 Å². The number of fused-ring (bicyclic) bond motifs is 1. The summed E-state index contributed by atoms with van der Waals surface area (Å²) < 4.78 is 19.8. The van der Waals surface area contributed by atoms with Crippen LogP contribution in [0.4, 0.5) is 10.1 Å². The van der Waals surface area contributed by atoms with Gasteiger partial charge in [-0.05, 0) is 43.7 Å². The van der Waals surface area contributed by atoms with Crippen molar-refractivity contribution < 1.29 is 18.7 Å². The fourth-order valence-electron chi connectivity index (χ4n) is 3.55. The molecule has 0 bridgehead atoms. The number of hydrogen-bond donors (Lipinski definition) is 1. The summed E-state index contributed by atoms with van der Waals surface area (Å²) in [6, 6.07) is 3.52. The van der Waals surface area contributed by atoms with E-state index < -0.39 is 17.7 Å². The lowest BCUT2D eigenvalue weighted by Crippen LogP contribution is -2.48.